The van der Waals surface area contributed by atoms with Crippen LogP contribution < -0.4 is 4.74 Å². The molecule has 4 atom stereocenters. The van der Waals surface area contributed by atoms with Gasteiger partial charge in [-0.3, -0.25) is 0 Å². The smallest absolute Gasteiger partial charge is 0.220 e. The number of rotatable bonds is 4. The van der Waals surface area contributed by atoms with E-state index in [1.807, 2.05) is 31.2 Å². The van der Waals surface area contributed by atoms with Gasteiger partial charge in [-0.1, -0.05) is 19.1 Å². The fraction of sp³-hybridized carbons (Fsp3) is 0.647. The van der Waals surface area contributed by atoms with E-state index in [1.165, 1.54) is 0 Å². The number of hydrogen-bond donors (Lipinski definition) is 0. The maximum absolute atomic E-state index is 13.1. The highest BCUT2D eigenvalue weighted by Gasteiger charge is 2.45. The van der Waals surface area contributed by atoms with Crippen LogP contribution in [0.5, 0.6) is 5.75 Å². The van der Waals surface area contributed by atoms with Gasteiger partial charge in [-0.25, -0.2) is 8.42 Å². The number of nitrogens with zero attached hydrogens (tertiary/aromatic N) is 1. The molecule has 5 nitrogen and oxygen atoms in total. The Morgan fingerprint density at radius 1 is 1.30 bits per heavy atom. The summed E-state index contributed by atoms with van der Waals surface area (Å²) in [6, 6.07) is 7.62. The fourth-order valence-corrected chi connectivity index (χ4v) is 6.05. The Hall–Kier alpha value is -1.11. The first-order valence-corrected chi connectivity index (χ1v) is 9.70. The topological polar surface area (TPSA) is 55.8 Å². The molecule has 2 fully saturated rings. The van der Waals surface area contributed by atoms with Gasteiger partial charge in [0.25, 0.3) is 0 Å². The van der Waals surface area contributed by atoms with Crippen LogP contribution in [0.4, 0.5) is 0 Å². The molecule has 0 N–H and O–H groups in total. The van der Waals surface area contributed by atoms with E-state index in [1.54, 1.807) is 11.4 Å². The number of ether oxygens (including phenoxy) is 2. The predicted molar refractivity (Wildman–Crippen MR) is 89.0 cm³/mol. The Morgan fingerprint density at radius 3 is 2.74 bits per heavy atom. The van der Waals surface area contributed by atoms with Crippen LogP contribution in [0.2, 0.25) is 0 Å². The van der Waals surface area contributed by atoms with Gasteiger partial charge in [-0.05, 0) is 43.4 Å². The molecule has 128 valence electrons. The van der Waals surface area contributed by atoms with Crippen molar-refractivity contribution in [2.24, 2.45) is 5.92 Å². The number of methoxy groups -OCH3 is 1. The summed E-state index contributed by atoms with van der Waals surface area (Å²) >= 11 is 0. The van der Waals surface area contributed by atoms with Gasteiger partial charge in [-0.2, -0.15) is 4.31 Å². The van der Waals surface area contributed by atoms with Gasteiger partial charge < -0.3 is 9.47 Å². The number of sulfonamides is 1. The zero-order valence-corrected chi connectivity index (χ0v) is 14.8. The lowest BCUT2D eigenvalue weighted by molar-refractivity contribution is 0.125. The summed E-state index contributed by atoms with van der Waals surface area (Å²) in [4.78, 5) is 0. The Kier molecular flexibility index (Phi) is 4.67. The zero-order chi connectivity index (χ0) is 16.6. The first kappa shape index (κ1) is 16.7. The van der Waals surface area contributed by atoms with E-state index in [0.29, 0.717) is 25.5 Å². The molecule has 0 radical (unpaired) electrons. The molecule has 4 unspecified atom stereocenters. The summed E-state index contributed by atoms with van der Waals surface area (Å²) in [5.74, 6) is 1.11. The van der Waals surface area contributed by atoms with Gasteiger partial charge in [0.15, 0.2) is 0 Å². The second kappa shape index (κ2) is 6.42. The minimum atomic E-state index is -3.37. The maximum Gasteiger partial charge on any atom is 0.220 e. The Balaban J connectivity index is 1.93. The molecule has 0 amide bonds. The van der Waals surface area contributed by atoms with Crippen LogP contribution in [0.25, 0.3) is 0 Å². The second-order valence-corrected chi connectivity index (χ2v) is 8.76. The van der Waals surface area contributed by atoms with E-state index in [9.17, 15) is 8.42 Å². The third kappa shape index (κ3) is 3.12. The Labute approximate surface area is 138 Å². The van der Waals surface area contributed by atoms with Gasteiger partial charge >= 0.3 is 0 Å². The molecule has 2 heterocycles. The van der Waals surface area contributed by atoms with E-state index >= 15 is 0 Å². The summed E-state index contributed by atoms with van der Waals surface area (Å²) < 4.78 is 38.8. The minimum Gasteiger partial charge on any atom is -0.497 e. The van der Waals surface area contributed by atoms with Crippen LogP contribution in [0, 0.1) is 5.92 Å². The fourth-order valence-electron chi connectivity index (χ4n) is 3.72. The highest BCUT2D eigenvalue weighted by atomic mass is 32.2. The van der Waals surface area contributed by atoms with Crippen LogP contribution in [-0.2, 0) is 14.8 Å². The summed E-state index contributed by atoms with van der Waals surface area (Å²) in [7, 11) is -1.74. The normalized spacial score (nSPS) is 32.3. The van der Waals surface area contributed by atoms with Gasteiger partial charge in [-0.15, -0.1) is 0 Å². The average Bonchev–Trinajstić information content (AvgIpc) is 3.14. The molecule has 6 heteroatoms. The largest absolute Gasteiger partial charge is 0.497 e. The average molecular weight is 339 g/mol. The third-order valence-corrected chi connectivity index (χ3v) is 7.40. The van der Waals surface area contributed by atoms with Crippen LogP contribution in [0.15, 0.2) is 24.3 Å². The summed E-state index contributed by atoms with van der Waals surface area (Å²) in [6.07, 6.45) is 1.19. The van der Waals surface area contributed by atoms with Crippen molar-refractivity contribution in [3.63, 3.8) is 0 Å². The molecule has 2 saturated heterocycles. The van der Waals surface area contributed by atoms with Crippen molar-refractivity contribution >= 4 is 10.0 Å². The van der Waals surface area contributed by atoms with Crippen molar-refractivity contribution in [2.45, 2.75) is 44.1 Å². The van der Waals surface area contributed by atoms with Crippen molar-refractivity contribution in [2.75, 3.05) is 20.3 Å². The summed E-state index contributed by atoms with van der Waals surface area (Å²) in [5, 5.41) is -0.430. The van der Waals surface area contributed by atoms with E-state index in [0.717, 1.165) is 17.7 Å². The van der Waals surface area contributed by atoms with E-state index in [2.05, 4.69) is 6.92 Å². The van der Waals surface area contributed by atoms with E-state index in [4.69, 9.17) is 9.47 Å². The van der Waals surface area contributed by atoms with Gasteiger partial charge in [0.2, 0.25) is 10.0 Å². The number of benzene rings is 1. The highest BCUT2D eigenvalue weighted by Crippen LogP contribution is 2.40. The molecule has 0 aliphatic carbocycles. The molecular formula is C17H25NO4S. The second-order valence-electron chi connectivity index (χ2n) is 6.65. The van der Waals surface area contributed by atoms with Gasteiger partial charge in [0.1, 0.15) is 11.0 Å². The van der Waals surface area contributed by atoms with Crippen molar-refractivity contribution in [1.82, 2.24) is 4.31 Å². The first-order chi connectivity index (χ1) is 10.9. The lowest BCUT2D eigenvalue weighted by atomic mass is 10.0. The SMILES string of the molecule is COc1cccc(C2CC(C)CN2S(=O)(=O)C2CCOC2C)c1. The van der Waals surface area contributed by atoms with E-state index in [-0.39, 0.29) is 12.1 Å². The summed E-state index contributed by atoms with van der Waals surface area (Å²) in [6.45, 7) is 5.07. The van der Waals surface area contributed by atoms with Crippen LogP contribution in [0.1, 0.15) is 38.3 Å². The predicted octanol–water partition coefficient (Wildman–Crippen LogP) is 2.59. The summed E-state index contributed by atoms with van der Waals surface area (Å²) in [5.41, 5.74) is 1.00. The molecular weight excluding hydrogens is 314 g/mol. The molecule has 0 bridgehead atoms. The highest BCUT2D eigenvalue weighted by molar-refractivity contribution is 7.89. The minimum absolute atomic E-state index is 0.113. The van der Waals surface area contributed by atoms with Gasteiger partial charge in [0.05, 0.1) is 19.3 Å². The van der Waals surface area contributed by atoms with Crippen molar-refractivity contribution in [1.29, 1.82) is 0 Å². The van der Waals surface area contributed by atoms with Crippen LogP contribution >= 0.6 is 0 Å². The van der Waals surface area contributed by atoms with Crippen molar-refractivity contribution in [3.8, 4) is 5.75 Å². The van der Waals surface area contributed by atoms with Gasteiger partial charge in [0, 0.05) is 13.2 Å². The Bertz CT molecular complexity index is 660. The number of hydrogen-bond acceptors (Lipinski definition) is 4. The lowest BCUT2D eigenvalue weighted by Gasteiger charge is -2.28. The van der Waals surface area contributed by atoms with Crippen molar-refractivity contribution in [3.05, 3.63) is 29.8 Å². The van der Waals surface area contributed by atoms with Crippen LogP contribution in [0.3, 0.4) is 0 Å². The quantitative estimate of drug-likeness (QED) is 0.846. The molecule has 1 aromatic rings. The third-order valence-electron chi connectivity index (χ3n) is 4.96. The lowest BCUT2D eigenvalue weighted by Crippen LogP contribution is -2.41. The molecule has 1 aromatic carbocycles. The zero-order valence-electron chi connectivity index (χ0n) is 13.9. The van der Waals surface area contributed by atoms with E-state index < -0.39 is 15.3 Å². The molecule has 0 spiro atoms. The first-order valence-electron chi connectivity index (χ1n) is 8.19. The molecule has 3 rings (SSSR count). The molecule has 0 aromatic heterocycles. The van der Waals surface area contributed by atoms with Crippen LogP contribution in [-0.4, -0.2) is 44.3 Å². The monoisotopic (exact) mass is 339 g/mol. The molecule has 2 aliphatic heterocycles. The maximum atomic E-state index is 13.1. The standard InChI is InChI=1S/C17H25NO4S/c1-12-9-16(14-5-4-6-15(10-14)21-3)18(11-12)23(19,20)17-7-8-22-13(17)2/h4-6,10,12-13,16-17H,7-9,11H2,1-3H3. The molecule has 0 saturated carbocycles. The molecule has 23 heavy (non-hydrogen) atoms. The molecule has 2 aliphatic rings. The Morgan fingerprint density at radius 2 is 2.09 bits per heavy atom. The van der Waals surface area contributed by atoms with Crippen molar-refractivity contribution < 1.29 is 17.9 Å².